The monoisotopic (exact) mass is 1020 g/mol. The molecule has 2 aliphatic rings. The van der Waals surface area contributed by atoms with Gasteiger partial charge in [-0.15, -0.1) is 0 Å². The maximum atomic E-state index is 13.1. The lowest BCUT2D eigenvalue weighted by Gasteiger charge is -2.51. The molecule has 6 aromatic rings. The fraction of sp³-hybridized carbons (Fsp3) is 0.419. The minimum absolute atomic E-state index is 0.0613. The molecule has 13 nitrogen and oxygen atoms in total. The van der Waals surface area contributed by atoms with Gasteiger partial charge in [0.1, 0.15) is 61.0 Å². The molecule has 0 radical (unpaired) electrons. The first-order valence-electron chi connectivity index (χ1n) is 26.6. The molecule has 0 amide bonds. The van der Waals surface area contributed by atoms with Crippen molar-refractivity contribution in [1.29, 1.82) is 0 Å². The molecule has 13 heteroatoms. The Kier molecular flexibility index (Phi) is 22.7. The van der Waals surface area contributed by atoms with Gasteiger partial charge in [-0.2, -0.15) is 0 Å². The summed E-state index contributed by atoms with van der Waals surface area (Å²) < 4.78 is 62.1. The van der Waals surface area contributed by atoms with Gasteiger partial charge < -0.3 is 47.7 Å². The molecule has 1 saturated carbocycles. The third-order valence-corrected chi connectivity index (χ3v) is 13.7. The number of rotatable bonds is 30. The van der Waals surface area contributed by atoms with Crippen LogP contribution >= 0.6 is 0 Å². The van der Waals surface area contributed by atoms with Crippen LogP contribution in [0.1, 0.15) is 78.8 Å². The number of aliphatic hydroxyl groups is 1. The highest BCUT2D eigenvalue weighted by atomic mass is 16.7. The summed E-state index contributed by atoms with van der Waals surface area (Å²) in [5, 5.41) is 17.5. The van der Waals surface area contributed by atoms with Crippen LogP contribution < -0.4 is 0 Å². The average Bonchev–Trinajstić information content (AvgIpc) is 3.46. The van der Waals surface area contributed by atoms with E-state index in [2.05, 4.69) is 16.9 Å². The van der Waals surface area contributed by atoms with Gasteiger partial charge in [-0.1, -0.05) is 226 Å². The number of azide groups is 1. The lowest BCUT2D eigenvalue weighted by Crippen LogP contribution is -2.69. The quantitative estimate of drug-likeness (QED) is 0.0200. The number of ether oxygens (including phenoxy) is 9. The molecule has 6 aromatic carbocycles. The van der Waals surface area contributed by atoms with Crippen LogP contribution in [0, 0.1) is 0 Å². The van der Waals surface area contributed by atoms with Gasteiger partial charge in [0.15, 0.2) is 6.29 Å². The molecule has 0 unspecified atom stereocenters. The highest BCUT2D eigenvalue weighted by Gasteiger charge is 2.57. The largest absolute Gasteiger partial charge is 0.387 e. The Morgan fingerprint density at radius 2 is 0.813 bits per heavy atom. The van der Waals surface area contributed by atoms with E-state index in [1.54, 1.807) is 0 Å². The van der Waals surface area contributed by atoms with Gasteiger partial charge in [-0.05, 0) is 45.3 Å². The second kappa shape index (κ2) is 30.7. The summed E-state index contributed by atoms with van der Waals surface area (Å²) in [6, 6.07) is 58.0. The van der Waals surface area contributed by atoms with E-state index < -0.39 is 67.3 Å². The third-order valence-electron chi connectivity index (χ3n) is 13.7. The Bertz CT molecular complexity index is 2510. The second-order valence-corrected chi connectivity index (χ2v) is 19.2. The van der Waals surface area contributed by atoms with E-state index in [0.717, 1.165) is 65.5 Å². The first kappa shape index (κ1) is 55.5. The number of benzene rings is 6. The summed E-state index contributed by atoms with van der Waals surface area (Å²) in [7, 11) is 0. The summed E-state index contributed by atoms with van der Waals surface area (Å²) >= 11 is 0. The van der Waals surface area contributed by atoms with Gasteiger partial charge in [0.2, 0.25) is 0 Å². The molecular weight excluding hydrogens is 947 g/mol. The zero-order valence-electron chi connectivity index (χ0n) is 43.0. The van der Waals surface area contributed by atoms with Crippen LogP contribution in [-0.2, 0) is 82.3 Å². The maximum Gasteiger partial charge on any atom is 0.169 e. The first-order valence-corrected chi connectivity index (χ1v) is 26.6. The van der Waals surface area contributed by atoms with E-state index in [0.29, 0.717) is 13.2 Å². The fourth-order valence-electron chi connectivity index (χ4n) is 9.73. The molecule has 8 rings (SSSR count). The molecule has 0 spiro atoms. The SMILES string of the molecule is CCCCCCCCO[C@H]1[C@@H](O)[C@H](O[C@H]2O[C@H](COCc3ccccc3)[C@@H](OCc3ccccc3)[C@H](OCc3ccccc3)[C@H]2N=[N+]=[N-])[C@@H](OCc2ccccc2)[C@H](OCc2ccccc2)[C@H]1OCc1ccccc1. The van der Waals surface area contributed by atoms with Crippen molar-refractivity contribution < 1.29 is 47.7 Å². The van der Waals surface area contributed by atoms with Gasteiger partial charge in [0.05, 0.1) is 46.2 Å². The van der Waals surface area contributed by atoms with Crippen LogP contribution in [0.3, 0.4) is 0 Å². The molecule has 1 N–H and O–H groups in total. The van der Waals surface area contributed by atoms with Crippen molar-refractivity contribution in [3.8, 4) is 0 Å². The summed E-state index contributed by atoms with van der Waals surface area (Å²) in [6.45, 7) is 3.88. The molecule has 11 atom stereocenters. The summed E-state index contributed by atoms with van der Waals surface area (Å²) in [6.07, 6.45) is -3.73. The number of unbranched alkanes of at least 4 members (excludes halogenated alkanes) is 5. The van der Waals surface area contributed by atoms with Gasteiger partial charge in [-0.3, -0.25) is 0 Å². The average molecular weight is 1020 g/mol. The van der Waals surface area contributed by atoms with Crippen molar-refractivity contribution in [1.82, 2.24) is 0 Å². The van der Waals surface area contributed by atoms with Crippen LogP contribution in [0.2, 0.25) is 0 Å². The Hall–Kier alpha value is -5.77. The summed E-state index contributed by atoms with van der Waals surface area (Å²) in [5.74, 6) is 0. The zero-order chi connectivity index (χ0) is 51.7. The van der Waals surface area contributed by atoms with E-state index in [1.807, 2.05) is 182 Å². The maximum absolute atomic E-state index is 13.1. The molecular formula is C62H73N3O10. The van der Waals surface area contributed by atoms with E-state index in [-0.39, 0.29) is 39.6 Å². The predicted molar refractivity (Wildman–Crippen MR) is 287 cm³/mol. The zero-order valence-corrected chi connectivity index (χ0v) is 43.0. The molecule has 2 fully saturated rings. The number of nitrogens with zero attached hydrogens (tertiary/aromatic N) is 3. The Morgan fingerprint density at radius 3 is 1.25 bits per heavy atom. The lowest BCUT2D eigenvalue weighted by molar-refractivity contribution is -0.337. The van der Waals surface area contributed by atoms with Crippen LogP contribution in [0.25, 0.3) is 10.4 Å². The number of hydrogen-bond acceptors (Lipinski definition) is 11. The molecule has 1 aliphatic heterocycles. The van der Waals surface area contributed by atoms with Gasteiger partial charge in [-0.25, -0.2) is 0 Å². The summed E-state index contributed by atoms with van der Waals surface area (Å²) in [5.41, 5.74) is 16.0. The van der Waals surface area contributed by atoms with Crippen molar-refractivity contribution in [2.45, 2.75) is 152 Å². The minimum Gasteiger partial charge on any atom is -0.387 e. The van der Waals surface area contributed by atoms with Gasteiger partial charge in [0.25, 0.3) is 0 Å². The molecule has 0 aromatic heterocycles. The number of aliphatic hydroxyl groups excluding tert-OH is 1. The lowest BCUT2D eigenvalue weighted by atomic mass is 9.83. The standard InChI is InChI=1S/C62H73N3O10/c1-2-3-4-5-6-25-38-68-57-54(66)58(60(72-43-50-34-21-11-22-35-50)61(73-44-51-36-23-12-24-37-51)59(57)71-42-49-32-19-10-20-33-49)75-62-53(64-65-63)56(70-41-48-30-17-9-18-31-48)55(69-40-47-28-15-8-16-29-47)52(74-62)45-67-39-46-26-13-7-14-27-46/h7-24,26-37,52-62,66H,2-6,25,38-45H2,1H3/t52-,53-,54-,55-,56-,57+,58+,59+,60-,61-,62-/m1/s1. The van der Waals surface area contributed by atoms with Gasteiger partial charge >= 0.3 is 0 Å². The Morgan fingerprint density at radius 1 is 0.440 bits per heavy atom. The smallest absolute Gasteiger partial charge is 0.169 e. The Balaban J connectivity index is 1.18. The topological polar surface area (TPSA) is 152 Å². The molecule has 0 bridgehead atoms. The third kappa shape index (κ3) is 16.9. The minimum atomic E-state index is -1.36. The Labute approximate surface area is 442 Å². The van der Waals surface area contributed by atoms with Crippen molar-refractivity contribution in [3.05, 3.63) is 226 Å². The van der Waals surface area contributed by atoms with Crippen molar-refractivity contribution in [2.75, 3.05) is 13.2 Å². The fourth-order valence-corrected chi connectivity index (χ4v) is 9.73. The van der Waals surface area contributed by atoms with Crippen LogP contribution in [-0.4, -0.2) is 85.6 Å². The molecule has 1 aliphatic carbocycles. The van der Waals surface area contributed by atoms with Crippen LogP contribution in [0.5, 0.6) is 0 Å². The van der Waals surface area contributed by atoms with Crippen LogP contribution in [0.4, 0.5) is 0 Å². The van der Waals surface area contributed by atoms with Crippen molar-refractivity contribution in [3.63, 3.8) is 0 Å². The van der Waals surface area contributed by atoms with E-state index in [4.69, 9.17) is 42.6 Å². The predicted octanol–water partition coefficient (Wildman–Crippen LogP) is 12.0. The van der Waals surface area contributed by atoms with E-state index in [9.17, 15) is 10.6 Å². The van der Waals surface area contributed by atoms with Crippen molar-refractivity contribution in [2.24, 2.45) is 5.11 Å². The normalized spacial score (nSPS) is 24.6. The molecule has 75 heavy (non-hydrogen) atoms. The molecule has 1 saturated heterocycles. The van der Waals surface area contributed by atoms with E-state index in [1.165, 1.54) is 6.42 Å². The van der Waals surface area contributed by atoms with E-state index >= 15 is 0 Å². The van der Waals surface area contributed by atoms with Crippen LogP contribution in [0.15, 0.2) is 187 Å². The highest BCUT2D eigenvalue weighted by molar-refractivity contribution is 5.19. The van der Waals surface area contributed by atoms with Crippen molar-refractivity contribution >= 4 is 0 Å². The van der Waals surface area contributed by atoms with Gasteiger partial charge in [0, 0.05) is 11.5 Å². The summed E-state index contributed by atoms with van der Waals surface area (Å²) in [4.78, 5) is 3.37. The molecule has 1 heterocycles. The molecule has 396 valence electrons. The number of hydrogen-bond donors (Lipinski definition) is 1. The first-order chi connectivity index (χ1) is 37.1. The highest BCUT2D eigenvalue weighted by Crippen LogP contribution is 2.38. The second-order valence-electron chi connectivity index (χ2n) is 19.2.